The van der Waals surface area contributed by atoms with Crippen molar-refractivity contribution in [3.05, 3.63) is 51.9 Å². The average Bonchev–Trinajstić information content (AvgIpc) is 2.72. The molecule has 3 rings (SSSR count). The molecule has 2 heterocycles. The molecule has 3 heteroatoms. The van der Waals surface area contributed by atoms with Gasteiger partial charge in [-0.3, -0.25) is 4.79 Å². The van der Waals surface area contributed by atoms with Gasteiger partial charge in [0.1, 0.15) is 5.52 Å². The highest BCUT2D eigenvalue weighted by Gasteiger charge is 2.06. The number of fused-ring (bicyclic) bond motifs is 3. The van der Waals surface area contributed by atoms with E-state index in [2.05, 4.69) is 24.0 Å². The summed E-state index contributed by atoms with van der Waals surface area (Å²) in [5, 5.41) is 0. The topological polar surface area (TPSA) is 37.3 Å². The van der Waals surface area contributed by atoms with Crippen LogP contribution in [0.25, 0.3) is 16.6 Å². The van der Waals surface area contributed by atoms with Crippen molar-refractivity contribution in [1.82, 2.24) is 9.38 Å². The van der Waals surface area contributed by atoms with Crippen molar-refractivity contribution in [3.8, 4) is 0 Å². The van der Waals surface area contributed by atoms with E-state index in [0.29, 0.717) is 5.52 Å². The van der Waals surface area contributed by atoms with Crippen molar-refractivity contribution >= 4 is 16.6 Å². The minimum atomic E-state index is -0.0325. The monoisotopic (exact) mass is 226 g/mol. The molecule has 0 amide bonds. The first-order chi connectivity index (χ1) is 8.19. The zero-order valence-corrected chi connectivity index (χ0v) is 9.95. The summed E-state index contributed by atoms with van der Waals surface area (Å²) < 4.78 is 1.97. The van der Waals surface area contributed by atoms with Crippen LogP contribution >= 0.6 is 0 Å². The quantitative estimate of drug-likeness (QED) is 0.680. The zero-order valence-electron chi connectivity index (χ0n) is 9.95. The van der Waals surface area contributed by atoms with Crippen LogP contribution in [0.5, 0.6) is 0 Å². The number of rotatable bonds is 1. The van der Waals surface area contributed by atoms with Crippen molar-refractivity contribution in [1.29, 1.82) is 0 Å². The Bertz CT molecular complexity index is 765. The number of aryl methyl sites for hydroxylation is 2. The molecule has 0 aliphatic rings. The lowest BCUT2D eigenvalue weighted by molar-refractivity contribution is 1.12. The smallest absolute Gasteiger partial charge is 0.272 e. The van der Waals surface area contributed by atoms with E-state index in [4.69, 9.17) is 0 Å². The van der Waals surface area contributed by atoms with Crippen molar-refractivity contribution in [3.63, 3.8) is 0 Å². The summed E-state index contributed by atoms with van der Waals surface area (Å²) in [6, 6.07) is 8.08. The maximum Gasteiger partial charge on any atom is 0.272 e. The predicted octanol–water partition coefficient (Wildman–Crippen LogP) is 2.65. The lowest BCUT2D eigenvalue weighted by Gasteiger charge is -2.04. The van der Waals surface area contributed by atoms with E-state index in [1.165, 1.54) is 5.56 Å². The highest BCUT2D eigenvalue weighted by atomic mass is 16.1. The van der Waals surface area contributed by atoms with Gasteiger partial charge in [0.05, 0.1) is 11.0 Å². The number of aromatic amines is 1. The molecule has 0 aliphatic heterocycles. The Labute approximate surface area is 98.7 Å². The first kappa shape index (κ1) is 10.1. The summed E-state index contributed by atoms with van der Waals surface area (Å²) in [5.41, 5.74) is 5.00. The summed E-state index contributed by atoms with van der Waals surface area (Å²) in [5.74, 6) is 0. The molecule has 0 fully saturated rings. The first-order valence-electron chi connectivity index (χ1n) is 5.82. The van der Waals surface area contributed by atoms with Crippen molar-refractivity contribution in [2.45, 2.75) is 20.3 Å². The molecule has 0 atom stereocenters. The number of H-pyrrole nitrogens is 1. The van der Waals surface area contributed by atoms with Gasteiger partial charge in [0, 0.05) is 6.20 Å². The van der Waals surface area contributed by atoms with Crippen LogP contribution in [0.3, 0.4) is 0 Å². The van der Waals surface area contributed by atoms with Gasteiger partial charge >= 0.3 is 0 Å². The Balaban J connectivity index is 2.55. The van der Waals surface area contributed by atoms with E-state index in [9.17, 15) is 4.79 Å². The van der Waals surface area contributed by atoms with E-state index in [0.717, 1.165) is 23.0 Å². The second kappa shape index (κ2) is 3.48. The molecule has 2 aromatic heterocycles. The van der Waals surface area contributed by atoms with E-state index >= 15 is 0 Å². The molecule has 0 radical (unpaired) electrons. The normalized spacial score (nSPS) is 11.4. The molecule has 3 aromatic rings. The van der Waals surface area contributed by atoms with Crippen LogP contribution < -0.4 is 5.56 Å². The molecule has 1 aromatic carbocycles. The third-order valence-electron chi connectivity index (χ3n) is 3.17. The van der Waals surface area contributed by atoms with Gasteiger partial charge in [-0.05, 0) is 42.7 Å². The molecule has 17 heavy (non-hydrogen) atoms. The predicted molar refractivity (Wildman–Crippen MR) is 69.6 cm³/mol. The third-order valence-corrected chi connectivity index (χ3v) is 3.17. The van der Waals surface area contributed by atoms with Crippen molar-refractivity contribution in [2.75, 3.05) is 0 Å². The Hall–Kier alpha value is -2.03. The molecule has 0 bridgehead atoms. The number of hydrogen-bond acceptors (Lipinski definition) is 1. The lowest BCUT2D eigenvalue weighted by atomic mass is 10.1. The zero-order chi connectivity index (χ0) is 12.0. The van der Waals surface area contributed by atoms with E-state index in [1.807, 2.05) is 29.7 Å². The number of nitrogens with one attached hydrogen (secondary N) is 1. The SMILES string of the molecule is CCc1ccc2[nH]c(=O)c3cc(C)cn3c2c1. The van der Waals surface area contributed by atoms with Crippen molar-refractivity contribution < 1.29 is 0 Å². The van der Waals surface area contributed by atoms with E-state index in [1.54, 1.807) is 0 Å². The van der Waals surface area contributed by atoms with Crippen LogP contribution in [-0.2, 0) is 6.42 Å². The summed E-state index contributed by atoms with van der Waals surface area (Å²) >= 11 is 0. The van der Waals surface area contributed by atoms with Gasteiger partial charge in [0.15, 0.2) is 0 Å². The molecule has 3 nitrogen and oxygen atoms in total. The molecular weight excluding hydrogens is 212 g/mol. The van der Waals surface area contributed by atoms with Crippen LogP contribution in [0.2, 0.25) is 0 Å². The van der Waals surface area contributed by atoms with Crippen LogP contribution in [0.4, 0.5) is 0 Å². The number of hydrogen-bond donors (Lipinski definition) is 1. The van der Waals surface area contributed by atoms with Crippen molar-refractivity contribution in [2.24, 2.45) is 0 Å². The molecule has 0 unspecified atom stereocenters. The minimum absolute atomic E-state index is 0.0325. The Morgan fingerprint density at radius 3 is 2.82 bits per heavy atom. The van der Waals surface area contributed by atoms with Gasteiger partial charge in [-0.2, -0.15) is 0 Å². The number of nitrogens with zero attached hydrogens (tertiary/aromatic N) is 1. The van der Waals surface area contributed by atoms with Gasteiger partial charge in [-0.25, -0.2) is 0 Å². The van der Waals surface area contributed by atoms with Gasteiger partial charge in [0.2, 0.25) is 0 Å². The molecule has 0 aliphatic carbocycles. The fourth-order valence-corrected chi connectivity index (χ4v) is 2.26. The fraction of sp³-hybridized carbons (Fsp3) is 0.214. The Morgan fingerprint density at radius 2 is 2.06 bits per heavy atom. The average molecular weight is 226 g/mol. The van der Waals surface area contributed by atoms with E-state index < -0.39 is 0 Å². The molecule has 0 spiro atoms. The number of aromatic nitrogens is 2. The summed E-state index contributed by atoms with van der Waals surface area (Å²) in [7, 11) is 0. The van der Waals surface area contributed by atoms with Crippen LogP contribution in [0.1, 0.15) is 18.1 Å². The van der Waals surface area contributed by atoms with E-state index in [-0.39, 0.29) is 5.56 Å². The molecule has 0 saturated carbocycles. The summed E-state index contributed by atoms with van der Waals surface area (Å²) in [6.07, 6.45) is 3.00. The second-order valence-electron chi connectivity index (χ2n) is 4.43. The molecule has 1 N–H and O–H groups in total. The van der Waals surface area contributed by atoms with Crippen LogP contribution in [-0.4, -0.2) is 9.38 Å². The second-order valence-corrected chi connectivity index (χ2v) is 4.43. The molecule has 86 valence electrons. The van der Waals surface area contributed by atoms with Gasteiger partial charge < -0.3 is 9.38 Å². The van der Waals surface area contributed by atoms with Crippen LogP contribution in [0, 0.1) is 6.92 Å². The molecule has 0 saturated heterocycles. The Kier molecular flexibility index (Phi) is 2.08. The number of benzene rings is 1. The standard InChI is InChI=1S/C14H14N2O/c1-3-10-4-5-11-12(7-10)16-8-9(2)6-13(16)14(17)15-11/h4-8H,3H2,1-2H3,(H,15,17). The third kappa shape index (κ3) is 1.46. The van der Waals surface area contributed by atoms with Crippen LogP contribution in [0.15, 0.2) is 35.3 Å². The largest absolute Gasteiger partial charge is 0.319 e. The van der Waals surface area contributed by atoms with Gasteiger partial charge in [-0.15, -0.1) is 0 Å². The molecular formula is C14H14N2O. The lowest BCUT2D eigenvalue weighted by Crippen LogP contribution is -2.09. The summed E-state index contributed by atoms with van der Waals surface area (Å²) in [6.45, 7) is 4.13. The maximum atomic E-state index is 11.9. The van der Waals surface area contributed by atoms with Gasteiger partial charge in [0.25, 0.3) is 5.56 Å². The minimum Gasteiger partial charge on any atom is -0.319 e. The summed E-state index contributed by atoms with van der Waals surface area (Å²) in [4.78, 5) is 14.8. The van der Waals surface area contributed by atoms with Gasteiger partial charge in [-0.1, -0.05) is 13.0 Å². The maximum absolute atomic E-state index is 11.9. The fourth-order valence-electron chi connectivity index (χ4n) is 2.26. The first-order valence-corrected chi connectivity index (χ1v) is 5.82. The Morgan fingerprint density at radius 1 is 1.24 bits per heavy atom. The highest BCUT2D eigenvalue weighted by molar-refractivity contribution is 5.79. The highest BCUT2D eigenvalue weighted by Crippen LogP contribution is 2.16.